The molecule has 19 heteroatoms. The molecule has 0 unspecified atom stereocenters. The smallest absolute Gasteiger partial charge is 0.417 e. The predicted molar refractivity (Wildman–Crippen MR) is 189 cm³/mol. The largest absolute Gasteiger partial charge is 0.481 e. The minimum Gasteiger partial charge on any atom is -0.481 e. The standard InChI is InChI=1S/C35H42ClF3N4O11/c36-30-6-3-26(23-29(30)35(37,38)39)43-34(47)42-25-1-4-27(5-2-25)54-28-7-9-40-31(24-28)33(46)41-10-12-49-14-16-51-18-20-53-22-21-52-19-17-50-15-13-48-11-8-32(44)45/h1-7,9,23-24H,8,10-22H2,(H,41,46)(H,44,45)(H2,42,43,47). The van der Waals surface area contributed by atoms with Crippen LogP contribution in [0.3, 0.4) is 0 Å². The monoisotopic (exact) mass is 786 g/mol. The average molecular weight is 787 g/mol. The summed E-state index contributed by atoms with van der Waals surface area (Å²) in [7, 11) is 0. The molecule has 0 aliphatic heterocycles. The van der Waals surface area contributed by atoms with Crippen molar-refractivity contribution in [3.05, 3.63) is 77.1 Å². The maximum absolute atomic E-state index is 13.1. The summed E-state index contributed by atoms with van der Waals surface area (Å²) in [4.78, 5) is 39.3. The van der Waals surface area contributed by atoms with Crippen LogP contribution in [-0.4, -0.2) is 114 Å². The van der Waals surface area contributed by atoms with Crippen LogP contribution in [0.2, 0.25) is 5.02 Å². The van der Waals surface area contributed by atoms with Crippen LogP contribution >= 0.6 is 11.6 Å². The maximum Gasteiger partial charge on any atom is 0.417 e. The Bertz CT molecular complexity index is 1590. The molecule has 3 aromatic rings. The number of hydrogen-bond acceptors (Lipinski definition) is 11. The summed E-state index contributed by atoms with van der Waals surface area (Å²) >= 11 is 5.62. The third-order valence-electron chi connectivity index (χ3n) is 6.69. The molecule has 4 N–H and O–H groups in total. The van der Waals surface area contributed by atoms with E-state index in [9.17, 15) is 27.6 Å². The summed E-state index contributed by atoms with van der Waals surface area (Å²) in [5.41, 5.74) is -0.688. The van der Waals surface area contributed by atoms with Crippen LogP contribution in [0, 0.1) is 0 Å². The first-order valence-corrected chi connectivity index (χ1v) is 17.0. The number of benzene rings is 2. The second-order valence-electron chi connectivity index (χ2n) is 10.8. The van der Waals surface area contributed by atoms with E-state index in [1.54, 1.807) is 18.2 Å². The van der Waals surface area contributed by atoms with Gasteiger partial charge in [-0.05, 0) is 48.5 Å². The van der Waals surface area contributed by atoms with E-state index in [2.05, 4.69) is 20.9 Å². The third-order valence-corrected chi connectivity index (χ3v) is 7.02. The molecule has 0 radical (unpaired) electrons. The number of aromatic nitrogens is 1. The number of urea groups is 1. The van der Waals surface area contributed by atoms with Crippen molar-refractivity contribution in [2.45, 2.75) is 12.6 Å². The lowest BCUT2D eigenvalue weighted by atomic mass is 10.2. The highest BCUT2D eigenvalue weighted by Crippen LogP contribution is 2.36. The topological polar surface area (TPSA) is 185 Å². The molecule has 0 aliphatic carbocycles. The fourth-order valence-corrected chi connectivity index (χ4v) is 4.37. The molecule has 0 bridgehead atoms. The number of alkyl halides is 3. The van der Waals surface area contributed by atoms with Crippen molar-refractivity contribution in [1.29, 1.82) is 0 Å². The molecule has 2 aromatic carbocycles. The minimum absolute atomic E-state index is 0.0325. The lowest BCUT2D eigenvalue weighted by Crippen LogP contribution is -2.28. The Labute approximate surface area is 314 Å². The number of carboxylic acid groups (broad SMARTS) is 1. The molecular formula is C35H42ClF3N4O11. The average Bonchev–Trinajstić information content (AvgIpc) is 3.13. The summed E-state index contributed by atoms with van der Waals surface area (Å²) < 4.78 is 77.2. The van der Waals surface area contributed by atoms with E-state index in [4.69, 9.17) is 49.9 Å². The molecule has 0 saturated carbocycles. The number of carboxylic acids is 1. The molecule has 54 heavy (non-hydrogen) atoms. The summed E-state index contributed by atoms with van der Waals surface area (Å²) in [6.45, 7) is 4.44. The number of nitrogens with zero attached hydrogens (tertiary/aromatic N) is 1. The van der Waals surface area contributed by atoms with Gasteiger partial charge in [-0.3, -0.25) is 14.6 Å². The number of carbonyl (C=O) groups is 3. The van der Waals surface area contributed by atoms with Gasteiger partial charge in [0.05, 0.1) is 96.3 Å². The number of nitrogens with one attached hydrogen (secondary N) is 3. The Morgan fingerprint density at radius 2 is 1.19 bits per heavy atom. The van der Waals surface area contributed by atoms with Gasteiger partial charge in [0, 0.05) is 30.2 Å². The molecular weight excluding hydrogens is 745 g/mol. The molecule has 296 valence electrons. The van der Waals surface area contributed by atoms with E-state index in [0.717, 1.165) is 12.1 Å². The first kappa shape index (κ1) is 43.8. The number of amides is 3. The van der Waals surface area contributed by atoms with Gasteiger partial charge in [-0.1, -0.05) is 11.6 Å². The van der Waals surface area contributed by atoms with Crippen LogP contribution in [0.1, 0.15) is 22.5 Å². The number of ether oxygens (including phenoxy) is 7. The number of carbonyl (C=O) groups excluding carboxylic acids is 2. The number of halogens is 4. The van der Waals surface area contributed by atoms with Gasteiger partial charge in [-0.15, -0.1) is 0 Å². The Morgan fingerprint density at radius 1 is 0.667 bits per heavy atom. The van der Waals surface area contributed by atoms with Gasteiger partial charge in [0.15, 0.2) is 0 Å². The Hall–Kier alpha value is -4.56. The highest BCUT2D eigenvalue weighted by atomic mass is 35.5. The van der Waals surface area contributed by atoms with E-state index in [-0.39, 0.29) is 37.6 Å². The number of hydrogen-bond donors (Lipinski definition) is 4. The first-order valence-electron chi connectivity index (χ1n) is 16.7. The number of rotatable bonds is 26. The van der Waals surface area contributed by atoms with Crippen LogP contribution in [0.5, 0.6) is 11.5 Å². The minimum atomic E-state index is -4.67. The van der Waals surface area contributed by atoms with Crippen molar-refractivity contribution in [2.75, 3.05) is 96.5 Å². The van der Waals surface area contributed by atoms with Crippen molar-refractivity contribution >= 4 is 40.9 Å². The zero-order valence-corrected chi connectivity index (χ0v) is 29.9. The fraction of sp³-hybridized carbons (Fsp3) is 0.429. The van der Waals surface area contributed by atoms with Crippen LogP contribution in [0.25, 0.3) is 0 Å². The highest BCUT2D eigenvalue weighted by Gasteiger charge is 2.33. The molecule has 1 aromatic heterocycles. The van der Waals surface area contributed by atoms with Gasteiger partial charge in [0.1, 0.15) is 17.2 Å². The van der Waals surface area contributed by atoms with Crippen molar-refractivity contribution in [2.24, 2.45) is 0 Å². The van der Waals surface area contributed by atoms with Crippen molar-refractivity contribution in [3.8, 4) is 11.5 Å². The molecule has 0 atom stereocenters. The second-order valence-corrected chi connectivity index (χ2v) is 11.3. The molecule has 3 amide bonds. The Balaban J connectivity index is 1.20. The number of anilines is 2. The van der Waals surface area contributed by atoms with Crippen LogP contribution < -0.4 is 20.7 Å². The Morgan fingerprint density at radius 3 is 1.74 bits per heavy atom. The van der Waals surface area contributed by atoms with E-state index >= 15 is 0 Å². The van der Waals surface area contributed by atoms with Crippen LogP contribution in [-0.2, 0) is 39.4 Å². The zero-order valence-electron chi connectivity index (χ0n) is 29.2. The zero-order chi connectivity index (χ0) is 39.0. The number of pyridine rings is 1. The van der Waals surface area contributed by atoms with E-state index < -0.39 is 34.7 Å². The lowest BCUT2D eigenvalue weighted by molar-refractivity contribution is -0.138. The molecule has 15 nitrogen and oxygen atoms in total. The lowest BCUT2D eigenvalue weighted by Gasteiger charge is -2.12. The van der Waals surface area contributed by atoms with Crippen LogP contribution in [0.4, 0.5) is 29.3 Å². The predicted octanol–water partition coefficient (Wildman–Crippen LogP) is 5.49. The fourth-order valence-electron chi connectivity index (χ4n) is 4.14. The quantitative estimate of drug-likeness (QED) is 0.0752. The van der Waals surface area contributed by atoms with Gasteiger partial charge >= 0.3 is 18.2 Å². The van der Waals surface area contributed by atoms with Gasteiger partial charge in [0.2, 0.25) is 0 Å². The first-order chi connectivity index (χ1) is 26.0. The van der Waals surface area contributed by atoms with Crippen molar-refractivity contribution in [1.82, 2.24) is 10.3 Å². The number of aliphatic carboxylic acids is 1. The second kappa shape index (κ2) is 24.7. The maximum atomic E-state index is 13.1. The van der Waals surface area contributed by atoms with Crippen molar-refractivity contribution in [3.63, 3.8) is 0 Å². The summed E-state index contributed by atoms with van der Waals surface area (Å²) in [5, 5.41) is 15.6. The molecule has 0 aliphatic rings. The van der Waals surface area contributed by atoms with E-state index in [1.807, 2.05) is 0 Å². The molecule has 1 heterocycles. The highest BCUT2D eigenvalue weighted by molar-refractivity contribution is 6.31. The van der Waals surface area contributed by atoms with Crippen LogP contribution in [0.15, 0.2) is 60.8 Å². The van der Waals surface area contributed by atoms with E-state index in [0.29, 0.717) is 83.3 Å². The molecule has 0 saturated heterocycles. The summed E-state index contributed by atoms with van der Waals surface area (Å²) in [6, 6.07) is 11.5. The van der Waals surface area contributed by atoms with Crippen molar-refractivity contribution < 1.29 is 65.8 Å². The van der Waals surface area contributed by atoms with Gasteiger partial charge in [-0.2, -0.15) is 13.2 Å². The van der Waals surface area contributed by atoms with Gasteiger partial charge in [0.25, 0.3) is 5.91 Å². The van der Waals surface area contributed by atoms with Gasteiger partial charge in [-0.25, -0.2) is 4.79 Å². The van der Waals surface area contributed by atoms with E-state index in [1.165, 1.54) is 30.5 Å². The third kappa shape index (κ3) is 18.5. The summed E-state index contributed by atoms with van der Waals surface area (Å²) in [6.07, 6.45) is -3.29. The summed E-state index contributed by atoms with van der Waals surface area (Å²) in [5.74, 6) is -0.608. The Kier molecular flexibility index (Phi) is 20.1. The molecule has 0 spiro atoms. The molecule has 0 fully saturated rings. The SMILES string of the molecule is O=C(O)CCOCCOCCOCCOCCOCCOCCNC(=O)c1cc(Oc2ccc(NC(=O)Nc3ccc(Cl)c(C(F)(F)F)c3)cc2)ccn1. The normalized spacial score (nSPS) is 11.3. The molecule has 3 rings (SSSR count). The van der Waals surface area contributed by atoms with Gasteiger partial charge < -0.3 is 54.2 Å².